The first kappa shape index (κ1) is 28.4. The highest BCUT2D eigenvalue weighted by Gasteiger charge is 2.32. The molecule has 3 aromatic rings. The Morgan fingerprint density at radius 3 is 2.75 bits per heavy atom. The van der Waals surface area contributed by atoms with Gasteiger partial charge in [-0.15, -0.1) is 12.4 Å². The van der Waals surface area contributed by atoms with Crippen LogP contribution in [0.4, 0.5) is 0 Å². The van der Waals surface area contributed by atoms with E-state index in [0.29, 0.717) is 42.5 Å². The van der Waals surface area contributed by atoms with Crippen LogP contribution in [-0.2, 0) is 20.6 Å². The largest absolute Gasteiger partial charge is 0.351 e. The Balaban J connectivity index is 0.00000361. The van der Waals surface area contributed by atoms with Crippen LogP contribution >= 0.6 is 24.2 Å². The number of aromatic amines is 1. The summed E-state index contributed by atoms with van der Waals surface area (Å²) in [5.41, 5.74) is 2.29. The van der Waals surface area contributed by atoms with E-state index in [9.17, 15) is 13.2 Å². The summed E-state index contributed by atoms with van der Waals surface area (Å²) in [6.07, 6.45) is 8.56. The number of rotatable bonds is 10. The second-order valence-corrected chi connectivity index (χ2v) is 11.9. The summed E-state index contributed by atoms with van der Waals surface area (Å²) < 4.78 is 29.7. The third-order valence-corrected chi connectivity index (χ3v) is 9.08. The molecule has 0 radical (unpaired) electrons. The maximum atomic E-state index is 13.5. The number of amides is 1. The van der Waals surface area contributed by atoms with Crippen LogP contribution in [0.25, 0.3) is 10.9 Å². The van der Waals surface area contributed by atoms with Gasteiger partial charge in [-0.1, -0.05) is 25.5 Å². The quantitative estimate of drug-likeness (QED) is 0.364. The number of likely N-dealkylation sites (tertiary alicyclic amines) is 1. The number of halogens is 1. The highest BCUT2D eigenvalue weighted by molar-refractivity contribution is 7.98. The zero-order chi connectivity index (χ0) is 24.8. The molecule has 1 aromatic carbocycles. The van der Waals surface area contributed by atoms with E-state index in [0.717, 1.165) is 35.9 Å². The normalized spacial score (nSPS) is 15.6. The highest BCUT2D eigenvalue weighted by Crippen LogP contribution is 2.24. The van der Waals surface area contributed by atoms with Crippen molar-refractivity contribution in [3.8, 4) is 0 Å². The third-order valence-electron chi connectivity index (χ3n) is 6.55. The number of aromatic nitrogens is 3. The molecular weight excluding hydrogens is 518 g/mol. The van der Waals surface area contributed by atoms with E-state index in [-0.39, 0.29) is 23.2 Å². The van der Waals surface area contributed by atoms with E-state index in [2.05, 4.69) is 26.6 Å². The summed E-state index contributed by atoms with van der Waals surface area (Å²) in [5.74, 6) is 1.81. The van der Waals surface area contributed by atoms with E-state index in [1.165, 1.54) is 0 Å². The van der Waals surface area contributed by atoms with Crippen LogP contribution < -0.4 is 4.72 Å². The molecule has 3 heterocycles. The molecular formula is C25H34ClN5O3S2. The summed E-state index contributed by atoms with van der Waals surface area (Å²) >= 11 is 1.63. The number of piperidine rings is 1. The standard InChI is InChI=1S/C25H33N5O3S2.ClH/c1-3-19-7-10-30(11-8-19)25(31)22(9-12-34-16-21-15-26-17-28-21)29-35(32,33)23-6-4-5-20-13-18(2)14-27-24(20)23;/h4-6,13-15,17,19,22,29H,3,7-12,16H2,1-2H3,(H,26,28);1H. The van der Waals surface area contributed by atoms with Gasteiger partial charge in [0.05, 0.1) is 17.5 Å². The molecule has 0 aliphatic carbocycles. The minimum atomic E-state index is -3.97. The topological polar surface area (TPSA) is 108 Å². The Hall–Kier alpha value is -2.14. The maximum Gasteiger partial charge on any atom is 0.243 e. The number of nitrogens with zero attached hydrogens (tertiary/aromatic N) is 3. The van der Waals surface area contributed by atoms with Crippen LogP contribution in [-0.4, -0.2) is 59.1 Å². The molecule has 11 heteroatoms. The number of carbonyl (C=O) groups is 1. The number of hydrogen-bond acceptors (Lipinski definition) is 6. The number of H-pyrrole nitrogens is 1. The molecule has 1 fully saturated rings. The van der Waals surface area contributed by atoms with Crippen LogP contribution in [0.15, 0.2) is 47.9 Å². The predicted octanol–water partition coefficient (Wildman–Crippen LogP) is 4.31. The summed E-state index contributed by atoms with van der Waals surface area (Å²) in [6.45, 7) is 5.44. The van der Waals surface area contributed by atoms with E-state index < -0.39 is 16.1 Å². The van der Waals surface area contributed by atoms with Crippen LogP contribution in [0.3, 0.4) is 0 Å². The average Bonchev–Trinajstić information content (AvgIpc) is 3.38. The number of para-hydroxylation sites is 1. The number of thioether (sulfide) groups is 1. The molecule has 2 aromatic heterocycles. The Morgan fingerprint density at radius 1 is 1.28 bits per heavy atom. The van der Waals surface area contributed by atoms with E-state index in [1.807, 2.05) is 30.2 Å². The smallest absolute Gasteiger partial charge is 0.243 e. The Kier molecular flexibility index (Phi) is 10.2. The van der Waals surface area contributed by atoms with Gasteiger partial charge in [-0.2, -0.15) is 16.5 Å². The van der Waals surface area contributed by atoms with Crippen molar-refractivity contribution in [3.63, 3.8) is 0 Å². The molecule has 1 aliphatic heterocycles. The highest BCUT2D eigenvalue weighted by atomic mass is 35.5. The van der Waals surface area contributed by atoms with Crippen molar-refractivity contribution in [1.82, 2.24) is 24.6 Å². The maximum absolute atomic E-state index is 13.5. The molecule has 0 saturated carbocycles. The second-order valence-electron chi connectivity index (χ2n) is 9.09. The van der Waals surface area contributed by atoms with Crippen molar-refractivity contribution < 1.29 is 13.2 Å². The molecule has 1 amide bonds. The minimum Gasteiger partial charge on any atom is -0.351 e. The molecule has 0 spiro atoms. The van der Waals surface area contributed by atoms with Gasteiger partial charge in [0.25, 0.3) is 0 Å². The molecule has 2 N–H and O–H groups in total. The van der Waals surface area contributed by atoms with Crippen molar-refractivity contribution in [1.29, 1.82) is 0 Å². The lowest BCUT2D eigenvalue weighted by molar-refractivity contribution is -0.134. The molecule has 1 unspecified atom stereocenters. The fourth-order valence-electron chi connectivity index (χ4n) is 4.47. The monoisotopic (exact) mass is 551 g/mol. The first-order valence-electron chi connectivity index (χ1n) is 12.1. The van der Waals surface area contributed by atoms with Gasteiger partial charge < -0.3 is 9.88 Å². The Labute approximate surface area is 223 Å². The van der Waals surface area contributed by atoms with Gasteiger partial charge in [0.15, 0.2) is 0 Å². The molecule has 36 heavy (non-hydrogen) atoms. The lowest BCUT2D eigenvalue weighted by atomic mass is 9.94. The first-order valence-corrected chi connectivity index (χ1v) is 14.7. The third kappa shape index (κ3) is 7.00. The lowest BCUT2D eigenvalue weighted by Gasteiger charge is -2.34. The zero-order valence-electron chi connectivity index (χ0n) is 20.6. The van der Waals surface area contributed by atoms with Gasteiger partial charge in [0.1, 0.15) is 10.9 Å². The molecule has 4 rings (SSSR count). The predicted molar refractivity (Wildman–Crippen MR) is 147 cm³/mol. The molecule has 1 saturated heterocycles. The number of hydrogen-bond donors (Lipinski definition) is 2. The Morgan fingerprint density at radius 2 is 2.06 bits per heavy atom. The van der Waals surface area contributed by atoms with E-state index in [4.69, 9.17) is 0 Å². The van der Waals surface area contributed by atoms with Gasteiger partial charge in [-0.3, -0.25) is 9.78 Å². The van der Waals surface area contributed by atoms with Crippen LogP contribution in [0.2, 0.25) is 0 Å². The fraction of sp³-hybridized carbons (Fsp3) is 0.480. The van der Waals surface area contributed by atoms with Crippen LogP contribution in [0.5, 0.6) is 0 Å². The van der Waals surface area contributed by atoms with Gasteiger partial charge >= 0.3 is 0 Å². The second kappa shape index (κ2) is 12.9. The Bertz CT molecular complexity index is 1250. The number of fused-ring (bicyclic) bond motifs is 1. The van der Waals surface area contributed by atoms with Gasteiger partial charge in [-0.25, -0.2) is 13.4 Å². The SMILES string of the molecule is CCC1CCN(C(=O)C(CCSCc2c[nH]cn2)NS(=O)(=O)c2cccc3cc(C)cnc23)CC1.Cl. The first-order chi connectivity index (χ1) is 16.9. The molecule has 1 atom stereocenters. The fourth-order valence-corrected chi connectivity index (χ4v) is 6.79. The van der Waals surface area contributed by atoms with Crippen molar-refractivity contribution in [2.45, 2.75) is 56.2 Å². The number of aryl methyl sites for hydroxylation is 1. The summed E-state index contributed by atoms with van der Waals surface area (Å²) in [7, 11) is -3.97. The zero-order valence-corrected chi connectivity index (χ0v) is 23.1. The molecule has 1 aliphatic rings. The lowest BCUT2D eigenvalue weighted by Crippen LogP contribution is -2.50. The number of sulfonamides is 1. The summed E-state index contributed by atoms with van der Waals surface area (Å²) in [5, 5.41) is 0.756. The number of pyridine rings is 1. The minimum absolute atomic E-state index is 0. The summed E-state index contributed by atoms with van der Waals surface area (Å²) in [6, 6.07) is 6.19. The average molecular weight is 552 g/mol. The number of imidazole rings is 1. The number of nitrogens with one attached hydrogen (secondary N) is 2. The van der Waals surface area contributed by atoms with Crippen molar-refractivity contribution in [2.24, 2.45) is 5.92 Å². The van der Waals surface area contributed by atoms with Gasteiger partial charge in [0.2, 0.25) is 15.9 Å². The number of carbonyl (C=O) groups excluding carboxylic acids is 1. The molecule has 0 bridgehead atoms. The summed E-state index contributed by atoms with van der Waals surface area (Å²) in [4.78, 5) is 26.9. The van der Waals surface area contributed by atoms with Gasteiger partial charge in [0, 0.05) is 36.6 Å². The van der Waals surface area contributed by atoms with Gasteiger partial charge in [-0.05, 0) is 55.6 Å². The van der Waals surface area contributed by atoms with E-state index in [1.54, 1.807) is 36.4 Å². The van der Waals surface area contributed by atoms with Crippen molar-refractivity contribution in [2.75, 3.05) is 18.8 Å². The van der Waals surface area contributed by atoms with Crippen molar-refractivity contribution in [3.05, 3.63) is 54.2 Å². The molecule has 8 nitrogen and oxygen atoms in total. The van der Waals surface area contributed by atoms with Crippen LogP contribution in [0.1, 0.15) is 43.9 Å². The molecule has 196 valence electrons. The van der Waals surface area contributed by atoms with Crippen LogP contribution in [0, 0.1) is 12.8 Å². The van der Waals surface area contributed by atoms with E-state index >= 15 is 0 Å². The number of benzene rings is 1. The van der Waals surface area contributed by atoms with Crippen molar-refractivity contribution >= 4 is 51.0 Å².